The molecule has 0 spiro atoms. The summed E-state index contributed by atoms with van der Waals surface area (Å²) in [6.07, 6.45) is 0. The predicted molar refractivity (Wildman–Crippen MR) is 91.7 cm³/mol. The van der Waals surface area contributed by atoms with Gasteiger partial charge in [-0.1, -0.05) is 22.9 Å². The van der Waals surface area contributed by atoms with Crippen molar-refractivity contribution in [3.8, 4) is 0 Å². The molecule has 1 aromatic heterocycles. The van der Waals surface area contributed by atoms with Crippen molar-refractivity contribution in [3.05, 3.63) is 39.9 Å². The van der Waals surface area contributed by atoms with E-state index in [1.807, 2.05) is 13.8 Å². The number of hydrogen-bond donors (Lipinski definition) is 2. The van der Waals surface area contributed by atoms with Crippen molar-refractivity contribution in [1.29, 1.82) is 0 Å². The fourth-order valence-electron chi connectivity index (χ4n) is 1.77. The lowest BCUT2D eigenvalue weighted by molar-refractivity contribution is 0.0946. The number of aromatic nitrogens is 1. The Kier molecular flexibility index (Phi) is 5.28. The summed E-state index contributed by atoms with van der Waals surface area (Å²) in [7, 11) is -3.77. The van der Waals surface area contributed by atoms with Crippen molar-refractivity contribution in [2.24, 2.45) is 0 Å². The van der Waals surface area contributed by atoms with Crippen molar-refractivity contribution >= 4 is 44.0 Å². The van der Waals surface area contributed by atoms with Crippen molar-refractivity contribution in [3.63, 3.8) is 0 Å². The van der Waals surface area contributed by atoms with E-state index in [9.17, 15) is 13.2 Å². The molecule has 0 aliphatic carbocycles. The first kappa shape index (κ1) is 17.7. The molecule has 1 aromatic carbocycles. The number of anilines is 1. The Morgan fingerprint density at radius 1 is 1.26 bits per heavy atom. The summed E-state index contributed by atoms with van der Waals surface area (Å²) in [5, 5.41) is 3.34. The zero-order valence-corrected chi connectivity index (χ0v) is 15.1. The van der Waals surface area contributed by atoms with Crippen molar-refractivity contribution in [1.82, 2.24) is 10.3 Å². The molecular formula is C14H16ClN3O3S2. The molecule has 1 amide bonds. The highest BCUT2D eigenvalue weighted by Crippen LogP contribution is 2.25. The summed E-state index contributed by atoms with van der Waals surface area (Å²) in [5.41, 5.74) is 0.474. The van der Waals surface area contributed by atoms with Crippen LogP contribution in [0.3, 0.4) is 0 Å². The van der Waals surface area contributed by atoms with E-state index in [0.717, 1.165) is 11.3 Å². The Bertz CT molecular complexity index is 814. The Morgan fingerprint density at radius 2 is 1.87 bits per heavy atom. The minimum Gasteiger partial charge on any atom is -0.349 e. The van der Waals surface area contributed by atoms with Gasteiger partial charge >= 0.3 is 0 Å². The quantitative estimate of drug-likeness (QED) is 0.843. The Morgan fingerprint density at radius 3 is 2.43 bits per heavy atom. The van der Waals surface area contributed by atoms with Crippen molar-refractivity contribution in [2.75, 3.05) is 4.72 Å². The van der Waals surface area contributed by atoms with Crippen LogP contribution in [-0.4, -0.2) is 25.4 Å². The van der Waals surface area contributed by atoms with Gasteiger partial charge in [0.1, 0.15) is 4.88 Å². The van der Waals surface area contributed by atoms with Crippen LogP contribution in [0.1, 0.15) is 29.2 Å². The van der Waals surface area contributed by atoms with Gasteiger partial charge in [-0.15, -0.1) is 0 Å². The number of nitrogens with zero attached hydrogens (tertiary/aromatic N) is 1. The van der Waals surface area contributed by atoms with Crippen LogP contribution in [0.4, 0.5) is 5.13 Å². The second-order valence-corrected chi connectivity index (χ2v) is 8.24. The van der Waals surface area contributed by atoms with E-state index in [4.69, 9.17) is 11.6 Å². The van der Waals surface area contributed by atoms with Crippen LogP contribution in [0.2, 0.25) is 5.02 Å². The lowest BCUT2D eigenvalue weighted by atomic mass is 10.3. The summed E-state index contributed by atoms with van der Waals surface area (Å²) < 4.78 is 27.0. The smallest absolute Gasteiger partial charge is 0.263 e. The van der Waals surface area contributed by atoms with E-state index in [1.54, 1.807) is 6.92 Å². The Hall–Kier alpha value is -1.64. The van der Waals surface area contributed by atoms with Crippen LogP contribution in [0, 0.1) is 6.92 Å². The lowest BCUT2D eigenvalue weighted by Gasteiger charge is -2.06. The number of rotatable bonds is 5. The first-order chi connectivity index (χ1) is 10.7. The van der Waals surface area contributed by atoms with Crippen LogP contribution >= 0.6 is 22.9 Å². The van der Waals surface area contributed by atoms with E-state index in [2.05, 4.69) is 15.0 Å². The number of halogens is 1. The number of nitrogens with one attached hydrogen (secondary N) is 2. The normalized spacial score (nSPS) is 11.5. The third kappa shape index (κ3) is 4.43. The molecule has 23 heavy (non-hydrogen) atoms. The summed E-state index contributed by atoms with van der Waals surface area (Å²) >= 11 is 6.75. The number of aryl methyl sites for hydroxylation is 1. The van der Waals surface area contributed by atoms with Gasteiger partial charge in [-0.25, -0.2) is 13.4 Å². The molecule has 2 N–H and O–H groups in total. The zero-order chi connectivity index (χ0) is 17.2. The topological polar surface area (TPSA) is 88.2 Å². The monoisotopic (exact) mass is 373 g/mol. The molecule has 0 bridgehead atoms. The Labute approximate surface area is 143 Å². The number of sulfonamides is 1. The molecule has 0 radical (unpaired) electrons. The van der Waals surface area contributed by atoms with E-state index >= 15 is 0 Å². The maximum absolute atomic E-state index is 12.3. The molecule has 0 aliphatic heterocycles. The van der Waals surface area contributed by atoms with E-state index in [0.29, 0.717) is 15.6 Å². The molecule has 6 nitrogen and oxygen atoms in total. The molecule has 0 unspecified atom stereocenters. The standard InChI is InChI=1S/C14H16ClN3O3S2/c1-8(2)16-13(19)12-9(3)17-14(22-12)18-23(20,21)11-6-4-10(15)5-7-11/h4-8H,1-3H3,(H,16,19)(H,17,18). The van der Waals surface area contributed by atoms with Gasteiger partial charge in [0.25, 0.3) is 15.9 Å². The molecule has 0 fully saturated rings. The molecule has 0 saturated carbocycles. The van der Waals surface area contributed by atoms with Crippen LogP contribution in [0.15, 0.2) is 29.2 Å². The second-order valence-electron chi connectivity index (χ2n) is 5.12. The average molecular weight is 374 g/mol. The first-order valence-corrected chi connectivity index (χ1v) is 9.43. The summed E-state index contributed by atoms with van der Waals surface area (Å²) in [4.78, 5) is 16.6. The number of benzene rings is 1. The number of carbonyl (C=O) groups is 1. The summed E-state index contributed by atoms with van der Waals surface area (Å²) in [6.45, 7) is 5.35. The average Bonchev–Trinajstić information content (AvgIpc) is 2.78. The highest BCUT2D eigenvalue weighted by Gasteiger charge is 2.20. The zero-order valence-electron chi connectivity index (χ0n) is 12.8. The van der Waals surface area contributed by atoms with Gasteiger partial charge in [-0.2, -0.15) is 0 Å². The highest BCUT2D eigenvalue weighted by atomic mass is 35.5. The summed E-state index contributed by atoms with van der Waals surface area (Å²) in [6, 6.07) is 5.77. The van der Waals surface area contributed by atoms with Crippen LogP contribution in [0.25, 0.3) is 0 Å². The van der Waals surface area contributed by atoms with E-state index in [-0.39, 0.29) is 22.0 Å². The SMILES string of the molecule is Cc1nc(NS(=O)(=O)c2ccc(Cl)cc2)sc1C(=O)NC(C)C. The number of carbonyl (C=O) groups excluding carboxylic acids is 1. The van der Waals surface area contributed by atoms with Gasteiger partial charge in [0.2, 0.25) is 0 Å². The minimum atomic E-state index is -3.77. The van der Waals surface area contributed by atoms with Gasteiger partial charge in [0.05, 0.1) is 10.6 Å². The second kappa shape index (κ2) is 6.86. The molecular weight excluding hydrogens is 358 g/mol. The highest BCUT2D eigenvalue weighted by molar-refractivity contribution is 7.93. The van der Waals surface area contributed by atoms with Crippen molar-refractivity contribution < 1.29 is 13.2 Å². The molecule has 0 atom stereocenters. The molecule has 0 saturated heterocycles. The van der Waals surface area contributed by atoms with Gasteiger partial charge in [-0.05, 0) is 45.0 Å². The third-order valence-electron chi connectivity index (χ3n) is 2.77. The molecule has 9 heteroatoms. The van der Waals surface area contributed by atoms with Crippen LogP contribution < -0.4 is 10.0 Å². The van der Waals surface area contributed by atoms with Gasteiger partial charge in [0, 0.05) is 11.1 Å². The Balaban J connectivity index is 2.23. The summed E-state index contributed by atoms with van der Waals surface area (Å²) in [5.74, 6) is -0.271. The van der Waals surface area contributed by atoms with E-state index in [1.165, 1.54) is 24.3 Å². The molecule has 124 valence electrons. The maximum atomic E-state index is 12.3. The predicted octanol–water partition coefficient (Wildman–Crippen LogP) is 3.04. The first-order valence-electron chi connectivity index (χ1n) is 6.75. The largest absolute Gasteiger partial charge is 0.349 e. The fraction of sp³-hybridized carbons (Fsp3) is 0.286. The lowest BCUT2D eigenvalue weighted by Crippen LogP contribution is -2.29. The number of hydrogen-bond acceptors (Lipinski definition) is 5. The van der Waals surface area contributed by atoms with Crippen molar-refractivity contribution in [2.45, 2.75) is 31.7 Å². The van der Waals surface area contributed by atoms with Crippen LogP contribution in [0.5, 0.6) is 0 Å². The molecule has 1 heterocycles. The molecule has 2 aromatic rings. The number of amides is 1. The van der Waals surface area contributed by atoms with Gasteiger partial charge in [0.15, 0.2) is 5.13 Å². The third-order valence-corrected chi connectivity index (χ3v) is 5.58. The van der Waals surface area contributed by atoms with Gasteiger partial charge in [-0.3, -0.25) is 9.52 Å². The number of thiazole rings is 1. The van der Waals surface area contributed by atoms with Crippen LogP contribution in [-0.2, 0) is 10.0 Å². The molecule has 0 aliphatic rings. The fourth-order valence-corrected chi connectivity index (χ4v) is 4.00. The maximum Gasteiger partial charge on any atom is 0.263 e. The van der Waals surface area contributed by atoms with E-state index < -0.39 is 10.0 Å². The molecule has 2 rings (SSSR count). The van der Waals surface area contributed by atoms with Gasteiger partial charge < -0.3 is 5.32 Å². The minimum absolute atomic E-state index is 0.0155.